The summed E-state index contributed by atoms with van der Waals surface area (Å²) in [6, 6.07) is 2.01. The fraction of sp³-hybridized carbons (Fsp3) is 0.750. The molecule has 1 aromatic heterocycles. The van der Waals surface area contributed by atoms with Crippen molar-refractivity contribution in [1.29, 1.82) is 0 Å². The molecule has 116 valence electrons. The average Bonchev–Trinajstić information content (AvgIpc) is 2.99. The molecule has 20 heavy (non-hydrogen) atoms. The Bertz CT molecular complexity index is 310. The number of nitrogens with zero attached hydrogens (tertiary/aromatic N) is 2. The first-order valence-corrected chi connectivity index (χ1v) is 7.96. The fourth-order valence-electron chi connectivity index (χ4n) is 2.35. The predicted octanol–water partition coefficient (Wildman–Crippen LogP) is 2.42. The lowest BCUT2D eigenvalue weighted by Crippen LogP contribution is -2.34. The van der Waals surface area contributed by atoms with Crippen LogP contribution >= 0.6 is 0 Å². The van der Waals surface area contributed by atoms with Crippen molar-refractivity contribution >= 4 is 0 Å². The highest BCUT2D eigenvalue weighted by molar-refractivity contribution is 5.04. The van der Waals surface area contributed by atoms with Crippen molar-refractivity contribution in [2.45, 2.75) is 33.7 Å². The smallest absolute Gasteiger partial charge is 0.0947 e. The van der Waals surface area contributed by atoms with Gasteiger partial charge in [-0.2, -0.15) is 0 Å². The summed E-state index contributed by atoms with van der Waals surface area (Å²) in [7, 11) is 0. The van der Waals surface area contributed by atoms with Crippen molar-refractivity contribution < 1.29 is 4.42 Å². The van der Waals surface area contributed by atoms with Gasteiger partial charge in [0, 0.05) is 25.2 Å². The molecule has 0 saturated carbocycles. The van der Waals surface area contributed by atoms with Crippen molar-refractivity contribution in [2.75, 3.05) is 45.8 Å². The molecule has 0 aliphatic heterocycles. The van der Waals surface area contributed by atoms with E-state index < -0.39 is 0 Å². The molecule has 1 rings (SSSR count). The average molecular weight is 281 g/mol. The molecule has 1 N–H and O–H groups in total. The van der Waals surface area contributed by atoms with Crippen molar-refractivity contribution in [2.24, 2.45) is 0 Å². The molecule has 0 spiro atoms. The number of likely N-dealkylation sites (N-methyl/N-ethyl adjacent to an activating group) is 1. The van der Waals surface area contributed by atoms with E-state index in [2.05, 4.69) is 35.9 Å². The molecule has 4 nitrogen and oxygen atoms in total. The maximum Gasteiger partial charge on any atom is 0.0947 e. The van der Waals surface area contributed by atoms with Gasteiger partial charge in [-0.3, -0.25) is 0 Å². The highest BCUT2D eigenvalue weighted by Crippen LogP contribution is 1.99. The molecule has 4 heteroatoms. The van der Waals surface area contributed by atoms with Crippen molar-refractivity contribution in [3.63, 3.8) is 0 Å². The second kappa shape index (κ2) is 10.9. The quantitative estimate of drug-likeness (QED) is 0.596. The van der Waals surface area contributed by atoms with Crippen LogP contribution in [-0.2, 0) is 6.54 Å². The van der Waals surface area contributed by atoms with Crippen LogP contribution in [0.15, 0.2) is 23.0 Å². The van der Waals surface area contributed by atoms with Gasteiger partial charge in [-0.25, -0.2) is 0 Å². The van der Waals surface area contributed by atoms with Crippen molar-refractivity contribution in [1.82, 2.24) is 15.1 Å². The summed E-state index contributed by atoms with van der Waals surface area (Å²) >= 11 is 0. The number of nitrogens with one attached hydrogen (secondary N) is 1. The molecule has 1 aromatic rings. The van der Waals surface area contributed by atoms with Gasteiger partial charge < -0.3 is 19.5 Å². The minimum absolute atomic E-state index is 0.896. The topological polar surface area (TPSA) is 31.6 Å². The van der Waals surface area contributed by atoms with E-state index in [1.807, 2.05) is 6.07 Å². The molecule has 0 radical (unpaired) electrons. The van der Waals surface area contributed by atoms with Crippen molar-refractivity contribution in [3.8, 4) is 0 Å². The molecule has 1 heterocycles. The predicted molar refractivity (Wildman–Crippen MR) is 84.9 cm³/mol. The van der Waals surface area contributed by atoms with Gasteiger partial charge in [0.2, 0.25) is 0 Å². The molecule has 0 aromatic carbocycles. The molecule has 0 unspecified atom stereocenters. The lowest BCUT2D eigenvalue weighted by Gasteiger charge is -2.23. The third kappa shape index (κ3) is 7.08. The first-order valence-electron chi connectivity index (χ1n) is 7.96. The Morgan fingerprint density at radius 3 is 2.30 bits per heavy atom. The third-order valence-electron chi connectivity index (χ3n) is 3.80. The second-order valence-corrected chi connectivity index (χ2v) is 5.12. The lowest BCUT2D eigenvalue weighted by molar-refractivity contribution is 0.243. The van der Waals surface area contributed by atoms with Crippen LogP contribution in [0.4, 0.5) is 0 Å². The summed E-state index contributed by atoms with van der Waals surface area (Å²) in [6.45, 7) is 15.6. The standard InChI is InChI=1S/C16H31N3O/c1-4-18(5-2)10-7-11-19(6-3)12-9-17-14-16-8-13-20-15-16/h8,13,15,17H,4-7,9-12,14H2,1-3H3. The summed E-state index contributed by atoms with van der Waals surface area (Å²) < 4.78 is 5.06. The molecule has 0 atom stereocenters. The number of rotatable bonds is 12. The Balaban J connectivity index is 2.06. The van der Waals surface area contributed by atoms with E-state index in [1.165, 1.54) is 25.1 Å². The Hall–Kier alpha value is -0.840. The van der Waals surface area contributed by atoms with Crippen LogP contribution in [0.2, 0.25) is 0 Å². The van der Waals surface area contributed by atoms with E-state index in [1.54, 1.807) is 12.5 Å². The van der Waals surface area contributed by atoms with Crippen molar-refractivity contribution in [3.05, 3.63) is 24.2 Å². The van der Waals surface area contributed by atoms with Crippen LogP contribution in [0.5, 0.6) is 0 Å². The Morgan fingerprint density at radius 2 is 1.70 bits per heavy atom. The summed E-state index contributed by atoms with van der Waals surface area (Å²) in [6.07, 6.45) is 4.79. The monoisotopic (exact) mass is 281 g/mol. The molecule has 0 fully saturated rings. The molecule has 0 aliphatic carbocycles. The summed E-state index contributed by atoms with van der Waals surface area (Å²) in [4.78, 5) is 5.01. The van der Waals surface area contributed by atoms with Gasteiger partial charge >= 0.3 is 0 Å². The third-order valence-corrected chi connectivity index (χ3v) is 3.80. The minimum atomic E-state index is 0.896. The van der Waals surface area contributed by atoms with E-state index in [-0.39, 0.29) is 0 Å². The summed E-state index contributed by atoms with van der Waals surface area (Å²) in [5.74, 6) is 0. The van der Waals surface area contributed by atoms with Crippen LogP contribution in [0.1, 0.15) is 32.8 Å². The van der Waals surface area contributed by atoms with E-state index in [4.69, 9.17) is 4.42 Å². The normalized spacial score (nSPS) is 11.7. The highest BCUT2D eigenvalue weighted by Gasteiger charge is 2.04. The largest absolute Gasteiger partial charge is 0.472 e. The van der Waals surface area contributed by atoms with Gasteiger partial charge in [0.15, 0.2) is 0 Å². The SMILES string of the molecule is CCN(CC)CCCN(CC)CCNCc1ccoc1. The Labute approximate surface area is 124 Å². The number of hydrogen-bond acceptors (Lipinski definition) is 4. The molecule has 0 amide bonds. The Kier molecular flexibility index (Phi) is 9.37. The van der Waals surface area contributed by atoms with Gasteiger partial charge in [-0.1, -0.05) is 20.8 Å². The molecule has 0 bridgehead atoms. The van der Waals surface area contributed by atoms with Crippen LogP contribution in [-0.4, -0.2) is 55.6 Å². The maximum atomic E-state index is 5.06. The second-order valence-electron chi connectivity index (χ2n) is 5.12. The zero-order chi connectivity index (χ0) is 14.6. The Morgan fingerprint density at radius 1 is 1.00 bits per heavy atom. The summed E-state index contributed by atoms with van der Waals surface area (Å²) in [5.41, 5.74) is 1.22. The maximum absolute atomic E-state index is 5.06. The molecular formula is C16H31N3O. The zero-order valence-corrected chi connectivity index (χ0v) is 13.4. The lowest BCUT2D eigenvalue weighted by atomic mass is 10.3. The van der Waals surface area contributed by atoms with Gasteiger partial charge in [0.1, 0.15) is 0 Å². The number of furan rings is 1. The van der Waals surface area contributed by atoms with E-state index in [0.29, 0.717) is 0 Å². The van der Waals surface area contributed by atoms with Gasteiger partial charge in [0.05, 0.1) is 12.5 Å². The van der Waals surface area contributed by atoms with E-state index in [9.17, 15) is 0 Å². The minimum Gasteiger partial charge on any atom is -0.472 e. The molecular weight excluding hydrogens is 250 g/mol. The van der Waals surface area contributed by atoms with Gasteiger partial charge in [0.25, 0.3) is 0 Å². The van der Waals surface area contributed by atoms with Gasteiger partial charge in [-0.05, 0) is 45.2 Å². The first kappa shape index (κ1) is 17.2. The first-order chi connectivity index (χ1) is 9.80. The molecule has 0 saturated heterocycles. The summed E-state index contributed by atoms with van der Waals surface area (Å²) in [5, 5.41) is 3.46. The van der Waals surface area contributed by atoms with E-state index >= 15 is 0 Å². The van der Waals surface area contributed by atoms with E-state index in [0.717, 1.165) is 39.3 Å². The van der Waals surface area contributed by atoms with Crippen LogP contribution in [0.3, 0.4) is 0 Å². The zero-order valence-electron chi connectivity index (χ0n) is 13.4. The van der Waals surface area contributed by atoms with Crippen LogP contribution < -0.4 is 5.32 Å². The fourth-order valence-corrected chi connectivity index (χ4v) is 2.35. The van der Waals surface area contributed by atoms with Crippen LogP contribution in [0, 0.1) is 0 Å². The molecule has 0 aliphatic rings. The van der Waals surface area contributed by atoms with Gasteiger partial charge in [-0.15, -0.1) is 0 Å². The van der Waals surface area contributed by atoms with Crippen LogP contribution in [0.25, 0.3) is 0 Å². The number of hydrogen-bond donors (Lipinski definition) is 1. The highest BCUT2D eigenvalue weighted by atomic mass is 16.3.